The molecule has 1 fully saturated rings. The van der Waals surface area contributed by atoms with E-state index in [4.69, 9.17) is 0 Å². The highest BCUT2D eigenvalue weighted by molar-refractivity contribution is 7.98. The number of amides is 1. The van der Waals surface area contributed by atoms with Gasteiger partial charge in [-0.15, -0.1) is 23.1 Å². The number of ketones is 1. The number of Topliss-reactive ketones (excluding diaryl/α,β-unsaturated/α-hetero) is 1. The fourth-order valence-corrected chi connectivity index (χ4v) is 5.92. The fourth-order valence-electron chi connectivity index (χ4n) is 4.47. The fraction of sp³-hybridized carbons (Fsp3) is 0.387. The number of benzene rings is 2. The molecule has 7 heteroatoms. The number of likely N-dealkylation sites (tertiary alicyclic amines) is 1. The van der Waals surface area contributed by atoms with Crippen LogP contribution in [0.15, 0.2) is 58.2 Å². The van der Waals surface area contributed by atoms with Gasteiger partial charge in [0.1, 0.15) is 11.2 Å². The summed E-state index contributed by atoms with van der Waals surface area (Å²) in [5, 5.41) is 0. The molecule has 4 rings (SSSR count). The summed E-state index contributed by atoms with van der Waals surface area (Å²) in [6, 6.07) is 15.6. The molecular formula is C31H36N2O3S2. The Labute approximate surface area is 232 Å². The molecule has 5 nitrogen and oxygen atoms in total. The van der Waals surface area contributed by atoms with Gasteiger partial charge in [0.05, 0.1) is 4.53 Å². The molecule has 0 radical (unpaired) electrons. The van der Waals surface area contributed by atoms with Gasteiger partial charge in [0, 0.05) is 29.6 Å². The number of thiazole rings is 1. The van der Waals surface area contributed by atoms with Crippen LogP contribution >= 0.6 is 23.1 Å². The maximum Gasteiger partial charge on any atom is 0.269 e. The summed E-state index contributed by atoms with van der Waals surface area (Å²) in [4.78, 5) is 42.9. The highest BCUT2D eigenvalue weighted by Crippen LogP contribution is 2.22. The van der Waals surface area contributed by atoms with E-state index >= 15 is 0 Å². The van der Waals surface area contributed by atoms with Crippen molar-refractivity contribution in [3.63, 3.8) is 0 Å². The summed E-state index contributed by atoms with van der Waals surface area (Å²) in [6.45, 7) is 9.94. The van der Waals surface area contributed by atoms with Crippen molar-refractivity contribution >= 4 is 46.9 Å². The van der Waals surface area contributed by atoms with Gasteiger partial charge in [-0.3, -0.25) is 19.0 Å². The molecule has 200 valence electrons. The zero-order valence-corrected chi connectivity index (χ0v) is 24.5. The maximum absolute atomic E-state index is 13.5. The number of thioether (sulfide) groups is 1. The molecule has 2 heterocycles. The zero-order valence-electron chi connectivity index (χ0n) is 22.8. The topological polar surface area (TPSA) is 59.4 Å². The Hall–Kier alpha value is -2.90. The van der Waals surface area contributed by atoms with Crippen molar-refractivity contribution in [3.05, 3.63) is 84.8 Å². The molecule has 0 aliphatic carbocycles. The van der Waals surface area contributed by atoms with Crippen LogP contribution in [0.3, 0.4) is 0 Å². The highest BCUT2D eigenvalue weighted by Gasteiger charge is 2.22. The lowest BCUT2D eigenvalue weighted by Crippen LogP contribution is -2.43. The second-order valence-electron chi connectivity index (χ2n) is 11.0. The van der Waals surface area contributed by atoms with Gasteiger partial charge in [-0.25, -0.2) is 0 Å². The smallest absolute Gasteiger partial charge is 0.269 e. The first-order chi connectivity index (χ1) is 18.0. The van der Waals surface area contributed by atoms with E-state index in [0.29, 0.717) is 33.8 Å². The zero-order chi connectivity index (χ0) is 27.4. The average molecular weight is 549 g/mol. The van der Waals surface area contributed by atoms with Crippen LogP contribution in [0.5, 0.6) is 0 Å². The number of carbonyl (C=O) groups excluding carboxylic acids is 2. The molecule has 0 bridgehead atoms. The summed E-state index contributed by atoms with van der Waals surface area (Å²) in [5.41, 5.74) is 2.35. The summed E-state index contributed by atoms with van der Waals surface area (Å²) < 4.78 is 2.46. The number of carbonyl (C=O) groups is 2. The van der Waals surface area contributed by atoms with E-state index in [9.17, 15) is 14.4 Å². The largest absolute Gasteiger partial charge is 0.341 e. The van der Waals surface area contributed by atoms with Crippen LogP contribution in [-0.4, -0.2) is 40.5 Å². The van der Waals surface area contributed by atoms with E-state index in [-0.39, 0.29) is 29.2 Å². The van der Waals surface area contributed by atoms with Crippen molar-refractivity contribution in [2.75, 3.05) is 19.3 Å². The van der Waals surface area contributed by atoms with E-state index in [0.717, 1.165) is 28.9 Å². The summed E-state index contributed by atoms with van der Waals surface area (Å²) in [5.74, 6) is 0.340. The average Bonchev–Trinajstić information content (AvgIpc) is 3.17. The van der Waals surface area contributed by atoms with Crippen LogP contribution in [0, 0.1) is 5.92 Å². The standard InChI is InChI=1S/C31H36N2O3S2/c1-21-14-16-32(17-15-21)28(35)20-33-29(19-26(34)23-8-10-24(11-9-23)31(2,3)4)38-27(30(33)36)18-22-6-12-25(37-5)13-7-22/h6-13,18-19,21H,14-17,20H2,1-5H3/b27-18-,29-19-. The van der Waals surface area contributed by atoms with Crippen LogP contribution in [0.2, 0.25) is 0 Å². The second-order valence-corrected chi connectivity index (χ2v) is 13.0. The molecule has 3 aromatic rings. The van der Waals surface area contributed by atoms with E-state index < -0.39 is 0 Å². The monoisotopic (exact) mass is 548 g/mol. The number of piperidine rings is 1. The van der Waals surface area contributed by atoms with Gasteiger partial charge in [0.25, 0.3) is 5.56 Å². The molecule has 2 aromatic carbocycles. The van der Waals surface area contributed by atoms with E-state index in [2.05, 4.69) is 27.7 Å². The molecule has 1 aliphatic heterocycles. The molecule has 1 aliphatic rings. The van der Waals surface area contributed by atoms with Crippen molar-refractivity contribution in [1.82, 2.24) is 9.47 Å². The molecular weight excluding hydrogens is 512 g/mol. The predicted molar refractivity (Wildman–Crippen MR) is 159 cm³/mol. The van der Waals surface area contributed by atoms with E-state index in [1.807, 2.05) is 65.8 Å². The summed E-state index contributed by atoms with van der Waals surface area (Å²) in [6.07, 6.45) is 7.29. The molecule has 1 saturated heterocycles. The third-order valence-corrected chi connectivity index (χ3v) is 8.87. The van der Waals surface area contributed by atoms with E-state index in [1.165, 1.54) is 22.0 Å². The van der Waals surface area contributed by atoms with Gasteiger partial charge in [0.2, 0.25) is 5.91 Å². The van der Waals surface area contributed by atoms with Crippen molar-refractivity contribution in [1.29, 1.82) is 0 Å². The lowest BCUT2D eigenvalue weighted by atomic mass is 9.86. The van der Waals surface area contributed by atoms with Gasteiger partial charge in [-0.1, -0.05) is 64.1 Å². The molecule has 0 N–H and O–H groups in total. The predicted octanol–water partition coefficient (Wildman–Crippen LogP) is 4.68. The van der Waals surface area contributed by atoms with Crippen molar-refractivity contribution < 1.29 is 9.59 Å². The van der Waals surface area contributed by atoms with Crippen LogP contribution < -0.4 is 14.8 Å². The normalized spacial score (nSPS) is 15.8. The third kappa shape index (κ3) is 6.75. The van der Waals surface area contributed by atoms with Gasteiger partial charge < -0.3 is 4.90 Å². The Kier molecular flexibility index (Phi) is 8.78. The Morgan fingerprint density at radius 2 is 1.66 bits per heavy atom. The molecule has 0 saturated carbocycles. The molecule has 0 atom stereocenters. The lowest BCUT2D eigenvalue weighted by molar-refractivity contribution is -0.133. The minimum Gasteiger partial charge on any atom is -0.341 e. The summed E-state index contributed by atoms with van der Waals surface area (Å²) >= 11 is 2.91. The van der Waals surface area contributed by atoms with Crippen LogP contribution in [0.4, 0.5) is 0 Å². The lowest BCUT2D eigenvalue weighted by Gasteiger charge is -2.30. The Morgan fingerprint density at radius 3 is 2.24 bits per heavy atom. The molecule has 1 aromatic heterocycles. The number of nitrogens with zero attached hydrogens (tertiary/aromatic N) is 2. The number of hydrogen-bond acceptors (Lipinski definition) is 5. The highest BCUT2D eigenvalue weighted by atomic mass is 32.2. The van der Waals surface area contributed by atoms with Gasteiger partial charge >= 0.3 is 0 Å². The minimum atomic E-state index is -0.246. The van der Waals surface area contributed by atoms with Crippen LogP contribution in [-0.2, 0) is 16.8 Å². The summed E-state index contributed by atoms with van der Waals surface area (Å²) in [7, 11) is 0. The first-order valence-corrected chi connectivity index (χ1v) is 15.1. The van der Waals surface area contributed by atoms with E-state index in [1.54, 1.807) is 11.8 Å². The Morgan fingerprint density at radius 1 is 1.03 bits per heavy atom. The minimum absolute atomic E-state index is 0.00904. The van der Waals surface area contributed by atoms with Crippen molar-refractivity contribution in [2.45, 2.75) is 57.4 Å². The Bertz CT molecular complexity index is 1470. The maximum atomic E-state index is 13.5. The van der Waals surface area contributed by atoms with Gasteiger partial charge in [0.15, 0.2) is 5.78 Å². The molecule has 0 spiro atoms. The quantitative estimate of drug-likeness (QED) is 0.332. The number of hydrogen-bond donors (Lipinski definition) is 0. The second kappa shape index (κ2) is 11.9. The number of aromatic nitrogens is 1. The first kappa shape index (κ1) is 28.1. The molecule has 38 heavy (non-hydrogen) atoms. The molecule has 1 amide bonds. The van der Waals surface area contributed by atoms with Crippen molar-refractivity contribution in [2.24, 2.45) is 5.92 Å². The Balaban J connectivity index is 1.72. The number of rotatable bonds is 6. The third-order valence-electron chi connectivity index (χ3n) is 7.07. The first-order valence-electron chi connectivity index (χ1n) is 13.0. The van der Waals surface area contributed by atoms with Crippen molar-refractivity contribution in [3.8, 4) is 0 Å². The van der Waals surface area contributed by atoms with Crippen LogP contribution in [0.25, 0.3) is 12.2 Å². The van der Waals surface area contributed by atoms with Gasteiger partial charge in [-0.05, 0) is 59.8 Å². The van der Waals surface area contributed by atoms with Crippen LogP contribution in [0.1, 0.15) is 62.0 Å². The van der Waals surface area contributed by atoms with Gasteiger partial charge in [-0.2, -0.15) is 0 Å². The SMILES string of the molecule is CSc1ccc(/C=c2\s/c(=C\C(=O)c3ccc(C(C)(C)C)cc3)n(CC(=O)N3CCC(C)CC3)c2=O)cc1. The molecule has 0 unspecified atom stereocenters.